The van der Waals surface area contributed by atoms with Crippen LogP contribution < -0.4 is 10.4 Å². The zero-order valence-electron chi connectivity index (χ0n) is 13.4. The number of carbonyl (C=O) groups is 2. The van der Waals surface area contributed by atoms with Crippen molar-refractivity contribution in [2.24, 2.45) is 0 Å². The Morgan fingerprint density at radius 3 is 1.92 bits per heavy atom. The summed E-state index contributed by atoms with van der Waals surface area (Å²) in [6.07, 6.45) is 0. The van der Waals surface area contributed by atoms with Crippen LogP contribution in [0.25, 0.3) is 0 Å². The maximum atomic E-state index is 12.4. The number of amides is 1. The second kappa shape index (κ2) is 6.83. The molecule has 0 radical (unpaired) electrons. The largest absolute Gasteiger partial charge is 0.545 e. The zero-order valence-corrected chi connectivity index (χ0v) is 15.0. The Labute approximate surface area is 150 Å². The van der Waals surface area contributed by atoms with Crippen LogP contribution in [0.15, 0.2) is 36.4 Å². The van der Waals surface area contributed by atoms with Gasteiger partial charge in [0, 0.05) is 11.3 Å². The van der Waals surface area contributed by atoms with Crippen LogP contribution in [-0.4, -0.2) is 11.9 Å². The van der Waals surface area contributed by atoms with Crippen molar-refractivity contribution in [1.29, 1.82) is 0 Å². The number of aromatic carboxylic acids is 1. The third-order valence-electron chi connectivity index (χ3n) is 3.53. The fraction of sp³-hybridized carbons (Fsp3) is 0.222. The van der Waals surface area contributed by atoms with Gasteiger partial charge < -0.3 is 15.2 Å². The minimum Gasteiger partial charge on any atom is -0.545 e. The van der Waals surface area contributed by atoms with Gasteiger partial charge in [0.05, 0.1) is 21.6 Å². The lowest BCUT2D eigenvalue weighted by Gasteiger charge is -2.19. The summed E-state index contributed by atoms with van der Waals surface area (Å²) in [5.74, 6) is -2.10. The first-order chi connectivity index (χ1) is 11.1. The molecule has 2 aromatic rings. The molecular weight excluding hydrogens is 349 g/mol. The van der Waals surface area contributed by atoms with Crippen molar-refractivity contribution >= 4 is 40.8 Å². The topological polar surface area (TPSA) is 69.2 Å². The van der Waals surface area contributed by atoms with Gasteiger partial charge in [-0.1, -0.05) is 56.1 Å². The molecule has 4 nitrogen and oxygen atoms in total. The number of hydrogen-bond acceptors (Lipinski definition) is 3. The van der Waals surface area contributed by atoms with Crippen LogP contribution in [0.2, 0.25) is 10.0 Å². The van der Waals surface area contributed by atoms with Crippen LogP contribution in [0.5, 0.6) is 0 Å². The van der Waals surface area contributed by atoms with Crippen LogP contribution in [0.4, 0.5) is 5.69 Å². The van der Waals surface area contributed by atoms with Gasteiger partial charge in [-0.05, 0) is 35.2 Å². The third kappa shape index (κ3) is 4.08. The van der Waals surface area contributed by atoms with Gasteiger partial charge in [0.2, 0.25) is 0 Å². The summed E-state index contributed by atoms with van der Waals surface area (Å²) in [4.78, 5) is 23.6. The normalized spacial score (nSPS) is 11.2. The Hall–Kier alpha value is -2.04. The highest BCUT2D eigenvalue weighted by Gasteiger charge is 2.17. The van der Waals surface area contributed by atoms with E-state index < -0.39 is 11.9 Å². The average Bonchev–Trinajstić information content (AvgIpc) is 2.48. The van der Waals surface area contributed by atoms with E-state index in [1.54, 1.807) is 12.1 Å². The lowest BCUT2D eigenvalue weighted by Crippen LogP contribution is -2.26. The van der Waals surface area contributed by atoms with Crippen LogP contribution in [0, 0.1) is 0 Å². The molecule has 24 heavy (non-hydrogen) atoms. The highest BCUT2D eigenvalue weighted by molar-refractivity contribution is 6.42. The molecule has 6 heteroatoms. The summed E-state index contributed by atoms with van der Waals surface area (Å²) < 4.78 is 0. The Morgan fingerprint density at radius 2 is 1.46 bits per heavy atom. The molecule has 0 spiro atoms. The molecule has 0 saturated heterocycles. The van der Waals surface area contributed by atoms with E-state index in [1.807, 2.05) is 12.1 Å². The predicted octanol–water partition coefficient (Wildman–Crippen LogP) is 3.91. The second-order valence-corrected chi connectivity index (χ2v) is 7.20. The minimum absolute atomic E-state index is 0.00557. The monoisotopic (exact) mass is 364 g/mol. The number of carboxylic acid groups (broad SMARTS) is 1. The van der Waals surface area contributed by atoms with E-state index in [4.69, 9.17) is 23.2 Å². The van der Waals surface area contributed by atoms with E-state index in [0.717, 1.165) is 11.6 Å². The Balaban J connectivity index is 2.30. The molecule has 0 bridgehead atoms. The molecule has 0 heterocycles. The molecule has 0 aliphatic heterocycles. The van der Waals surface area contributed by atoms with E-state index in [2.05, 4.69) is 26.1 Å². The summed E-state index contributed by atoms with van der Waals surface area (Å²) in [7, 11) is 0. The number of anilines is 1. The van der Waals surface area contributed by atoms with E-state index in [-0.39, 0.29) is 26.6 Å². The van der Waals surface area contributed by atoms with Gasteiger partial charge in [-0.2, -0.15) is 0 Å². The molecule has 0 aliphatic carbocycles. The second-order valence-electron chi connectivity index (χ2n) is 6.38. The van der Waals surface area contributed by atoms with Crippen molar-refractivity contribution in [2.75, 3.05) is 5.32 Å². The Kier molecular flexibility index (Phi) is 5.21. The maximum absolute atomic E-state index is 12.4. The van der Waals surface area contributed by atoms with Crippen LogP contribution in [-0.2, 0) is 5.41 Å². The van der Waals surface area contributed by atoms with E-state index in [1.165, 1.54) is 6.07 Å². The van der Waals surface area contributed by atoms with Gasteiger partial charge in [-0.25, -0.2) is 0 Å². The molecule has 2 aromatic carbocycles. The number of nitrogens with one attached hydrogen (secondary N) is 1. The SMILES string of the molecule is CC(C)(C)c1ccc(NC(=O)c2cc(Cl)c(Cl)cc2C(=O)[O-])cc1. The van der Waals surface area contributed by atoms with Gasteiger partial charge in [-0.15, -0.1) is 0 Å². The lowest BCUT2D eigenvalue weighted by atomic mass is 9.87. The molecule has 0 aliphatic rings. The molecule has 1 N–H and O–H groups in total. The molecule has 0 saturated carbocycles. The number of carboxylic acids is 1. The summed E-state index contributed by atoms with van der Waals surface area (Å²) in [6, 6.07) is 9.66. The van der Waals surface area contributed by atoms with Crippen molar-refractivity contribution in [3.05, 3.63) is 63.1 Å². The van der Waals surface area contributed by atoms with Crippen molar-refractivity contribution in [1.82, 2.24) is 0 Å². The third-order valence-corrected chi connectivity index (χ3v) is 4.26. The average molecular weight is 365 g/mol. The molecular formula is C18H16Cl2NO3-. The zero-order chi connectivity index (χ0) is 18.1. The van der Waals surface area contributed by atoms with Crippen molar-refractivity contribution in [2.45, 2.75) is 26.2 Å². The van der Waals surface area contributed by atoms with E-state index in [0.29, 0.717) is 5.69 Å². The Morgan fingerprint density at radius 1 is 0.958 bits per heavy atom. The van der Waals surface area contributed by atoms with E-state index in [9.17, 15) is 14.7 Å². The molecule has 2 rings (SSSR count). The number of carbonyl (C=O) groups excluding carboxylic acids is 2. The lowest BCUT2D eigenvalue weighted by molar-refractivity contribution is -0.255. The van der Waals surface area contributed by atoms with E-state index >= 15 is 0 Å². The first-order valence-electron chi connectivity index (χ1n) is 7.22. The number of halogens is 2. The highest BCUT2D eigenvalue weighted by Crippen LogP contribution is 2.27. The smallest absolute Gasteiger partial charge is 0.256 e. The van der Waals surface area contributed by atoms with Gasteiger partial charge in [0.25, 0.3) is 5.91 Å². The van der Waals surface area contributed by atoms with Gasteiger partial charge in [0.15, 0.2) is 0 Å². The minimum atomic E-state index is -1.50. The standard InChI is InChI=1S/C18H17Cl2NO3/c1-18(2,3)10-4-6-11(7-5-10)21-16(22)12-8-14(19)15(20)9-13(12)17(23)24/h4-9H,1-3H3,(H,21,22)(H,23,24)/p-1. The summed E-state index contributed by atoms with van der Waals surface area (Å²) in [5.41, 5.74) is 1.24. The van der Waals surface area contributed by atoms with Gasteiger partial charge >= 0.3 is 0 Å². The molecule has 1 amide bonds. The Bertz CT molecular complexity index is 793. The quantitative estimate of drug-likeness (QED) is 0.897. The fourth-order valence-electron chi connectivity index (χ4n) is 2.16. The first kappa shape index (κ1) is 18.3. The van der Waals surface area contributed by atoms with Gasteiger partial charge in [-0.3, -0.25) is 4.79 Å². The van der Waals surface area contributed by atoms with Gasteiger partial charge in [0.1, 0.15) is 0 Å². The van der Waals surface area contributed by atoms with Crippen LogP contribution in [0.1, 0.15) is 47.1 Å². The summed E-state index contributed by atoms with van der Waals surface area (Å²) >= 11 is 11.7. The van der Waals surface area contributed by atoms with Crippen LogP contribution in [0.3, 0.4) is 0 Å². The number of benzene rings is 2. The van der Waals surface area contributed by atoms with Crippen molar-refractivity contribution in [3.63, 3.8) is 0 Å². The molecule has 0 aromatic heterocycles. The number of rotatable bonds is 3. The van der Waals surface area contributed by atoms with Crippen LogP contribution >= 0.6 is 23.2 Å². The molecule has 0 fully saturated rings. The molecule has 0 unspecified atom stereocenters. The molecule has 0 atom stereocenters. The first-order valence-corrected chi connectivity index (χ1v) is 7.97. The summed E-state index contributed by atoms with van der Waals surface area (Å²) in [6.45, 7) is 6.26. The predicted molar refractivity (Wildman–Crippen MR) is 93.9 cm³/mol. The molecule has 126 valence electrons. The summed E-state index contributed by atoms with van der Waals surface area (Å²) in [5, 5.41) is 14.0. The highest BCUT2D eigenvalue weighted by atomic mass is 35.5. The van der Waals surface area contributed by atoms with Crippen molar-refractivity contribution in [3.8, 4) is 0 Å². The number of hydrogen-bond donors (Lipinski definition) is 1. The maximum Gasteiger partial charge on any atom is 0.256 e. The fourth-order valence-corrected chi connectivity index (χ4v) is 2.48. The van der Waals surface area contributed by atoms with Crippen molar-refractivity contribution < 1.29 is 14.7 Å².